The van der Waals surface area contributed by atoms with Crippen molar-refractivity contribution in [3.05, 3.63) is 59.4 Å². The molecule has 2 aromatic carbocycles. The van der Waals surface area contributed by atoms with Crippen molar-refractivity contribution in [3.63, 3.8) is 0 Å². The van der Waals surface area contributed by atoms with Gasteiger partial charge < -0.3 is 4.74 Å². The van der Waals surface area contributed by atoms with Crippen LogP contribution in [0.3, 0.4) is 0 Å². The highest BCUT2D eigenvalue weighted by atomic mass is 32.2. The number of hydrogen-bond donors (Lipinski definition) is 0. The van der Waals surface area contributed by atoms with Crippen molar-refractivity contribution in [3.8, 4) is 11.4 Å². The third-order valence-electron chi connectivity index (χ3n) is 5.96. The molecule has 8 nitrogen and oxygen atoms in total. The Kier molecular flexibility index (Phi) is 4.34. The molecule has 0 spiro atoms. The van der Waals surface area contributed by atoms with Gasteiger partial charge in [-0.1, -0.05) is 5.21 Å². The highest BCUT2D eigenvalue weighted by Gasteiger charge is 2.35. The van der Waals surface area contributed by atoms with Crippen LogP contribution in [0.5, 0.6) is 5.75 Å². The van der Waals surface area contributed by atoms with Crippen molar-refractivity contribution in [2.24, 2.45) is 0 Å². The van der Waals surface area contributed by atoms with Gasteiger partial charge in [0.15, 0.2) is 0 Å². The molecule has 4 heterocycles. The predicted molar refractivity (Wildman–Crippen MR) is 116 cm³/mol. The summed E-state index contributed by atoms with van der Waals surface area (Å²) in [5, 5.41) is 8.60. The van der Waals surface area contributed by atoms with Gasteiger partial charge in [-0.3, -0.25) is 0 Å². The van der Waals surface area contributed by atoms with Gasteiger partial charge in [0.25, 0.3) is 0 Å². The molecule has 158 valence electrons. The predicted octanol–water partition coefficient (Wildman–Crippen LogP) is 2.99. The summed E-state index contributed by atoms with van der Waals surface area (Å²) in [6.07, 6.45) is 3.36. The molecule has 0 radical (unpaired) electrons. The number of nitrogens with zero attached hydrogens (tertiary/aromatic N) is 5. The molecular weight excluding hydrogens is 434 g/mol. The third kappa shape index (κ3) is 3.22. The van der Waals surface area contributed by atoms with E-state index in [4.69, 9.17) is 4.74 Å². The summed E-state index contributed by atoms with van der Waals surface area (Å²) in [6.45, 7) is 1.48. The fraction of sp³-hybridized carbons (Fsp3) is 0.286. The average molecular weight is 454 g/mol. The zero-order valence-corrected chi connectivity index (χ0v) is 18.1. The van der Waals surface area contributed by atoms with Gasteiger partial charge in [0.05, 0.1) is 44.8 Å². The van der Waals surface area contributed by atoms with Crippen LogP contribution in [-0.4, -0.2) is 52.4 Å². The summed E-state index contributed by atoms with van der Waals surface area (Å²) in [5.74, 6) is 0.801. The van der Waals surface area contributed by atoms with E-state index in [2.05, 4.69) is 15.3 Å². The van der Waals surface area contributed by atoms with Crippen LogP contribution in [0.15, 0.2) is 53.0 Å². The van der Waals surface area contributed by atoms with Crippen LogP contribution in [0.2, 0.25) is 0 Å². The largest absolute Gasteiger partial charge is 0.493 e. The lowest BCUT2D eigenvalue weighted by Gasteiger charge is -2.16. The fourth-order valence-corrected chi connectivity index (χ4v) is 6.45. The fourth-order valence-electron chi connectivity index (χ4n) is 4.24. The van der Waals surface area contributed by atoms with E-state index in [0.717, 1.165) is 45.8 Å². The third-order valence-corrected chi connectivity index (χ3v) is 8.63. The summed E-state index contributed by atoms with van der Waals surface area (Å²) in [6, 6.07) is 11.1. The molecule has 0 saturated carbocycles. The summed E-state index contributed by atoms with van der Waals surface area (Å²) in [5.41, 5.74) is 5.40. The van der Waals surface area contributed by atoms with Crippen LogP contribution in [-0.2, 0) is 16.4 Å². The Balaban J connectivity index is 1.22. The number of hydrogen-bond acceptors (Lipinski definition) is 7. The molecule has 1 unspecified atom stereocenters. The summed E-state index contributed by atoms with van der Waals surface area (Å²) >= 11 is 1.60. The minimum Gasteiger partial charge on any atom is -0.493 e. The minimum absolute atomic E-state index is 0.0179. The summed E-state index contributed by atoms with van der Waals surface area (Å²) < 4.78 is 36.2. The molecule has 1 atom stereocenters. The Morgan fingerprint density at radius 1 is 1.16 bits per heavy atom. The van der Waals surface area contributed by atoms with Crippen LogP contribution >= 0.6 is 11.3 Å². The molecule has 2 aliphatic heterocycles. The molecule has 0 amide bonds. The Morgan fingerprint density at radius 3 is 3.03 bits per heavy atom. The van der Waals surface area contributed by atoms with E-state index >= 15 is 0 Å². The molecular formula is C21H19N5O3S2. The van der Waals surface area contributed by atoms with E-state index in [-0.39, 0.29) is 5.92 Å². The van der Waals surface area contributed by atoms with Gasteiger partial charge in [-0.05, 0) is 48.4 Å². The van der Waals surface area contributed by atoms with Crippen molar-refractivity contribution in [2.45, 2.75) is 23.7 Å². The quantitative estimate of drug-likeness (QED) is 0.472. The zero-order chi connectivity index (χ0) is 21.0. The lowest BCUT2D eigenvalue weighted by Crippen LogP contribution is -2.28. The van der Waals surface area contributed by atoms with Gasteiger partial charge >= 0.3 is 0 Å². The molecule has 1 saturated heterocycles. The second-order valence-corrected chi connectivity index (χ2v) is 10.6. The first-order valence-electron chi connectivity index (χ1n) is 10.1. The maximum absolute atomic E-state index is 13.2. The number of aromatic nitrogens is 4. The standard InChI is InChI=1S/C21H19N5O3S2/c27-31(28,17-2-3-20-14(9-17)6-8-29-20)25-7-5-15(11-25)19-12-26(24-23-19)16-1-4-21-18(10-16)22-13-30-21/h1-4,9-10,12-13,15H,5-8,11H2. The highest BCUT2D eigenvalue weighted by molar-refractivity contribution is 7.89. The lowest BCUT2D eigenvalue weighted by atomic mass is 10.1. The van der Waals surface area contributed by atoms with Crippen LogP contribution < -0.4 is 4.74 Å². The van der Waals surface area contributed by atoms with Crippen molar-refractivity contribution in [2.75, 3.05) is 19.7 Å². The second kappa shape index (κ2) is 7.11. The summed E-state index contributed by atoms with van der Waals surface area (Å²) in [4.78, 5) is 4.68. The van der Waals surface area contributed by atoms with Crippen molar-refractivity contribution in [1.82, 2.24) is 24.3 Å². The van der Waals surface area contributed by atoms with Gasteiger partial charge in [-0.25, -0.2) is 18.1 Å². The lowest BCUT2D eigenvalue weighted by molar-refractivity contribution is 0.356. The normalized spacial score (nSPS) is 19.0. The smallest absolute Gasteiger partial charge is 0.243 e. The molecule has 6 rings (SSSR count). The number of ether oxygens (including phenoxy) is 1. The maximum atomic E-state index is 13.2. The van der Waals surface area contributed by atoms with Crippen LogP contribution in [0.1, 0.15) is 23.6 Å². The number of rotatable bonds is 4. The molecule has 0 aliphatic carbocycles. The maximum Gasteiger partial charge on any atom is 0.243 e. The van der Waals surface area contributed by atoms with Crippen molar-refractivity contribution < 1.29 is 13.2 Å². The molecule has 4 aromatic rings. The molecule has 31 heavy (non-hydrogen) atoms. The molecule has 0 N–H and O–H groups in total. The van der Waals surface area contributed by atoms with Crippen molar-refractivity contribution >= 4 is 31.6 Å². The Hall–Kier alpha value is -2.82. The first kappa shape index (κ1) is 18.9. The van der Waals surface area contributed by atoms with E-state index < -0.39 is 10.0 Å². The Bertz CT molecular complexity index is 1400. The zero-order valence-electron chi connectivity index (χ0n) is 16.5. The molecule has 2 aliphatic rings. The van der Waals surface area contributed by atoms with Crippen LogP contribution in [0, 0.1) is 0 Å². The topological polar surface area (TPSA) is 90.2 Å². The average Bonchev–Trinajstić information content (AvgIpc) is 3.58. The van der Waals surface area contributed by atoms with Gasteiger partial charge in [-0.15, -0.1) is 16.4 Å². The van der Waals surface area contributed by atoms with Crippen LogP contribution in [0.25, 0.3) is 15.9 Å². The SMILES string of the molecule is O=S(=O)(c1ccc2c(c1)CCO2)N1CCC(c2cn(-c3ccc4scnc4c3)nn2)C1. The van der Waals surface area contributed by atoms with Gasteiger partial charge in [0.1, 0.15) is 5.75 Å². The molecule has 10 heteroatoms. The Labute approximate surface area is 183 Å². The summed E-state index contributed by atoms with van der Waals surface area (Å²) in [7, 11) is -3.55. The molecule has 0 bridgehead atoms. The first-order valence-corrected chi connectivity index (χ1v) is 12.4. The van der Waals surface area contributed by atoms with E-state index in [9.17, 15) is 8.42 Å². The van der Waals surface area contributed by atoms with Crippen LogP contribution in [0.4, 0.5) is 0 Å². The molecule has 1 fully saturated rings. The number of thiazole rings is 1. The van der Waals surface area contributed by atoms with Crippen molar-refractivity contribution in [1.29, 1.82) is 0 Å². The highest BCUT2D eigenvalue weighted by Crippen LogP contribution is 2.33. The van der Waals surface area contributed by atoms with E-state index in [1.54, 1.807) is 38.5 Å². The van der Waals surface area contributed by atoms with Gasteiger partial charge in [0.2, 0.25) is 10.0 Å². The number of fused-ring (bicyclic) bond motifs is 2. The molecule has 2 aromatic heterocycles. The first-order chi connectivity index (χ1) is 15.1. The number of benzene rings is 2. The monoisotopic (exact) mass is 453 g/mol. The van der Waals surface area contributed by atoms with Gasteiger partial charge in [0, 0.05) is 25.4 Å². The van der Waals surface area contributed by atoms with E-state index in [0.29, 0.717) is 24.6 Å². The second-order valence-electron chi connectivity index (χ2n) is 7.81. The van der Waals surface area contributed by atoms with E-state index in [1.807, 2.05) is 29.9 Å². The minimum atomic E-state index is -3.55. The van der Waals surface area contributed by atoms with E-state index in [1.165, 1.54) is 0 Å². The Morgan fingerprint density at radius 2 is 2.10 bits per heavy atom. The van der Waals surface area contributed by atoms with Gasteiger partial charge in [-0.2, -0.15) is 4.31 Å². The number of sulfonamides is 1.